The Morgan fingerprint density at radius 3 is 2.90 bits per heavy atom. The van der Waals surface area contributed by atoms with Crippen molar-refractivity contribution in [1.29, 1.82) is 0 Å². The minimum atomic E-state index is -0.0825. The lowest BCUT2D eigenvalue weighted by molar-refractivity contribution is 0.274. The Labute approximate surface area is 127 Å². The molecule has 0 spiro atoms. The van der Waals surface area contributed by atoms with Crippen LogP contribution in [0.2, 0.25) is 5.02 Å². The molecule has 4 nitrogen and oxygen atoms in total. The highest BCUT2D eigenvalue weighted by atomic mass is 35.5. The first-order valence-corrected chi connectivity index (χ1v) is 6.98. The highest BCUT2D eigenvalue weighted by Crippen LogP contribution is 2.21. The standard InChI is InChI=1S/C16H15ClN2O2/c1-21-13-4-2-3-11(7-13)8-14-15(10-20)19-9-12(17)5-6-16(19)18-14/h2-7,9,20H,8,10H2,1H3. The number of benzene rings is 1. The van der Waals surface area contributed by atoms with Gasteiger partial charge in [0.2, 0.25) is 0 Å². The molecule has 5 heteroatoms. The fraction of sp³-hybridized carbons (Fsp3) is 0.188. The van der Waals surface area contributed by atoms with E-state index < -0.39 is 0 Å². The van der Waals surface area contributed by atoms with E-state index in [1.54, 1.807) is 19.4 Å². The summed E-state index contributed by atoms with van der Waals surface area (Å²) in [5.41, 5.74) is 3.46. The Kier molecular flexibility index (Phi) is 3.82. The lowest BCUT2D eigenvalue weighted by Gasteiger charge is -2.04. The van der Waals surface area contributed by atoms with Crippen molar-refractivity contribution in [1.82, 2.24) is 9.38 Å². The Hall–Kier alpha value is -2.04. The Bertz CT molecular complexity index is 783. The molecule has 0 amide bonds. The molecule has 0 aliphatic rings. The van der Waals surface area contributed by atoms with Crippen molar-refractivity contribution in [3.63, 3.8) is 0 Å². The molecule has 0 aliphatic heterocycles. The van der Waals surface area contributed by atoms with Gasteiger partial charge in [0.15, 0.2) is 0 Å². The third-order valence-electron chi connectivity index (χ3n) is 3.42. The highest BCUT2D eigenvalue weighted by Gasteiger charge is 2.12. The zero-order chi connectivity index (χ0) is 14.8. The summed E-state index contributed by atoms with van der Waals surface area (Å²) in [6, 6.07) is 11.5. The average molecular weight is 303 g/mol. The Morgan fingerprint density at radius 1 is 1.29 bits per heavy atom. The molecular weight excluding hydrogens is 288 g/mol. The van der Waals surface area contributed by atoms with Gasteiger partial charge in [0, 0.05) is 12.6 Å². The number of hydrogen-bond donors (Lipinski definition) is 1. The third-order valence-corrected chi connectivity index (χ3v) is 3.64. The van der Waals surface area contributed by atoms with Crippen LogP contribution in [0.1, 0.15) is 17.0 Å². The predicted molar refractivity (Wildman–Crippen MR) is 81.9 cm³/mol. The summed E-state index contributed by atoms with van der Waals surface area (Å²) >= 11 is 6.01. The summed E-state index contributed by atoms with van der Waals surface area (Å²) < 4.78 is 7.06. The number of hydrogen-bond acceptors (Lipinski definition) is 3. The fourth-order valence-corrected chi connectivity index (χ4v) is 2.56. The molecule has 3 aromatic rings. The maximum Gasteiger partial charge on any atom is 0.137 e. The van der Waals surface area contributed by atoms with Gasteiger partial charge in [0.25, 0.3) is 0 Å². The van der Waals surface area contributed by atoms with Gasteiger partial charge in [-0.15, -0.1) is 0 Å². The molecule has 0 fully saturated rings. The van der Waals surface area contributed by atoms with Crippen LogP contribution >= 0.6 is 11.6 Å². The first-order chi connectivity index (χ1) is 10.2. The minimum absolute atomic E-state index is 0.0825. The van der Waals surface area contributed by atoms with Crippen LogP contribution in [0.4, 0.5) is 0 Å². The van der Waals surface area contributed by atoms with E-state index in [9.17, 15) is 5.11 Å². The molecule has 0 atom stereocenters. The van der Waals surface area contributed by atoms with Gasteiger partial charge in [-0.1, -0.05) is 23.7 Å². The van der Waals surface area contributed by atoms with Crippen molar-refractivity contribution in [3.05, 3.63) is 64.6 Å². The van der Waals surface area contributed by atoms with E-state index in [1.807, 2.05) is 34.7 Å². The van der Waals surface area contributed by atoms with Crippen molar-refractivity contribution in [2.45, 2.75) is 13.0 Å². The van der Waals surface area contributed by atoms with Gasteiger partial charge in [0.05, 0.1) is 30.1 Å². The van der Waals surface area contributed by atoms with Crippen molar-refractivity contribution in [2.75, 3.05) is 7.11 Å². The lowest BCUT2D eigenvalue weighted by atomic mass is 10.1. The van der Waals surface area contributed by atoms with Gasteiger partial charge >= 0.3 is 0 Å². The van der Waals surface area contributed by atoms with Gasteiger partial charge in [-0.2, -0.15) is 0 Å². The number of imidazole rings is 1. The molecule has 1 aromatic carbocycles. The molecule has 0 bridgehead atoms. The normalized spacial score (nSPS) is 11.0. The van der Waals surface area contributed by atoms with E-state index in [1.165, 1.54) is 0 Å². The van der Waals surface area contributed by atoms with Crippen LogP contribution in [0.3, 0.4) is 0 Å². The summed E-state index contributed by atoms with van der Waals surface area (Å²) in [5, 5.41) is 10.3. The second kappa shape index (κ2) is 5.76. The fourth-order valence-electron chi connectivity index (χ4n) is 2.40. The average Bonchev–Trinajstić information content (AvgIpc) is 2.83. The number of aliphatic hydroxyl groups excluding tert-OH is 1. The SMILES string of the molecule is COc1cccc(Cc2nc3ccc(Cl)cn3c2CO)c1. The van der Waals surface area contributed by atoms with Crippen molar-refractivity contribution in [2.24, 2.45) is 0 Å². The van der Waals surface area contributed by atoms with Crippen molar-refractivity contribution < 1.29 is 9.84 Å². The second-order valence-corrected chi connectivity index (χ2v) is 5.20. The number of ether oxygens (including phenoxy) is 1. The minimum Gasteiger partial charge on any atom is -0.497 e. The topological polar surface area (TPSA) is 46.8 Å². The van der Waals surface area contributed by atoms with Crippen LogP contribution in [0, 0.1) is 0 Å². The first-order valence-electron chi connectivity index (χ1n) is 6.60. The van der Waals surface area contributed by atoms with Gasteiger partial charge in [-0.05, 0) is 29.8 Å². The maximum atomic E-state index is 9.65. The highest BCUT2D eigenvalue weighted by molar-refractivity contribution is 6.30. The third kappa shape index (κ3) is 2.73. The molecule has 0 aliphatic carbocycles. The van der Waals surface area contributed by atoms with Gasteiger partial charge in [-0.3, -0.25) is 4.40 Å². The first kappa shape index (κ1) is 13.9. The van der Waals surface area contributed by atoms with Crippen LogP contribution in [-0.2, 0) is 13.0 Å². The van der Waals surface area contributed by atoms with E-state index in [4.69, 9.17) is 16.3 Å². The molecule has 0 saturated carbocycles. The van der Waals surface area contributed by atoms with Crippen LogP contribution in [0.25, 0.3) is 5.65 Å². The molecule has 3 rings (SSSR count). The van der Waals surface area contributed by atoms with Crippen LogP contribution in [-0.4, -0.2) is 21.6 Å². The number of rotatable bonds is 4. The number of methoxy groups -OCH3 is 1. The molecule has 0 saturated heterocycles. The van der Waals surface area contributed by atoms with Gasteiger partial charge in [-0.25, -0.2) is 4.98 Å². The Morgan fingerprint density at radius 2 is 2.14 bits per heavy atom. The zero-order valence-electron chi connectivity index (χ0n) is 11.6. The van der Waals surface area contributed by atoms with E-state index in [2.05, 4.69) is 4.98 Å². The molecule has 0 unspecified atom stereocenters. The summed E-state index contributed by atoms with van der Waals surface area (Å²) in [6.07, 6.45) is 2.40. The van der Waals surface area contributed by atoms with E-state index in [0.717, 1.165) is 28.3 Å². The number of fused-ring (bicyclic) bond motifs is 1. The van der Waals surface area contributed by atoms with Crippen LogP contribution in [0.5, 0.6) is 5.75 Å². The quantitative estimate of drug-likeness (QED) is 0.805. The van der Waals surface area contributed by atoms with E-state index >= 15 is 0 Å². The van der Waals surface area contributed by atoms with Gasteiger partial charge in [0.1, 0.15) is 11.4 Å². The maximum absolute atomic E-state index is 9.65. The summed E-state index contributed by atoms with van der Waals surface area (Å²) in [6.45, 7) is -0.0825. The van der Waals surface area contributed by atoms with Crippen molar-refractivity contribution >= 4 is 17.2 Å². The lowest BCUT2D eigenvalue weighted by Crippen LogP contribution is -1.98. The second-order valence-electron chi connectivity index (χ2n) is 4.77. The number of aromatic nitrogens is 2. The summed E-state index contributed by atoms with van der Waals surface area (Å²) in [5.74, 6) is 0.810. The summed E-state index contributed by atoms with van der Waals surface area (Å²) in [7, 11) is 1.64. The van der Waals surface area contributed by atoms with Crippen LogP contribution < -0.4 is 4.74 Å². The van der Waals surface area contributed by atoms with Crippen LogP contribution in [0.15, 0.2) is 42.6 Å². The number of pyridine rings is 1. The monoisotopic (exact) mass is 302 g/mol. The zero-order valence-corrected chi connectivity index (χ0v) is 12.3. The number of aliphatic hydroxyl groups is 1. The van der Waals surface area contributed by atoms with E-state index in [0.29, 0.717) is 11.4 Å². The number of halogens is 1. The molecule has 108 valence electrons. The van der Waals surface area contributed by atoms with Gasteiger partial charge < -0.3 is 9.84 Å². The molecule has 2 aromatic heterocycles. The molecule has 1 N–H and O–H groups in total. The predicted octanol–water partition coefficient (Wildman–Crippen LogP) is 3.08. The summed E-state index contributed by atoms with van der Waals surface area (Å²) in [4.78, 5) is 4.58. The molecule has 2 heterocycles. The molecule has 0 radical (unpaired) electrons. The number of nitrogens with zero attached hydrogens (tertiary/aromatic N) is 2. The van der Waals surface area contributed by atoms with Crippen molar-refractivity contribution in [3.8, 4) is 5.75 Å². The largest absolute Gasteiger partial charge is 0.497 e. The molecule has 21 heavy (non-hydrogen) atoms. The Balaban J connectivity index is 2.03. The molecular formula is C16H15ClN2O2. The smallest absolute Gasteiger partial charge is 0.137 e. The van der Waals surface area contributed by atoms with E-state index in [-0.39, 0.29) is 6.61 Å².